The van der Waals surface area contributed by atoms with Crippen molar-refractivity contribution in [2.24, 2.45) is 5.84 Å². The van der Waals surface area contributed by atoms with Crippen LogP contribution in [0.25, 0.3) is 0 Å². The van der Waals surface area contributed by atoms with E-state index < -0.39 is 11.6 Å². The van der Waals surface area contributed by atoms with E-state index >= 15 is 0 Å². The number of halogens is 2. The first-order valence-corrected chi connectivity index (χ1v) is 5.86. The van der Waals surface area contributed by atoms with Crippen LogP contribution in [-0.4, -0.2) is 18.2 Å². The predicted molar refractivity (Wildman–Crippen MR) is 66.9 cm³/mol. The van der Waals surface area contributed by atoms with Crippen LogP contribution >= 0.6 is 0 Å². The van der Waals surface area contributed by atoms with E-state index in [4.69, 9.17) is 10.6 Å². The molecular formula is C13H20F2N2O. The number of rotatable bonds is 5. The van der Waals surface area contributed by atoms with Crippen molar-refractivity contribution in [2.45, 2.75) is 38.8 Å². The van der Waals surface area contributed by atoms with Crippen LogP contribution in [0.3, 0.4) is 0 Å². The Kier molecular flexibility index (Phi) is 5.19. The molecule has 3 N–H and O–H groups in total. The van der Waals surface area contributed by atoms with Gasteiger partial charge in [0.1, 0.15) is 11.6 Å². The fourth-order valence-corrected chi connectivity index (χ4v) is 1.49. The molecule has 0 saturated heterocycles. The summed E-state index contributed by atoms with van der Waals surface area (Å²) in [4.78, 5) is 0. The quantitative estimate of drug-likeness (QED) is 0.628. The first kappa shape index (κ1) is 15.0. The van der Waals surface area contributed by atoms with Gasteiger partial charge in [-0.25, -0.2) is 8.78 Å². The van der Waals surface area contributed by atoms with E-state index in [9.17, 15) is 8.78 Å². The number of hydrazine groups is 1. The predicted octanol–water partition coefficient (Wildman–Crippen LogP) is 2.15. The highest BCUT2D eigenvalue weighted by atomic mass is 19.1. The lowest BCUT2D eigenvalue weighted by atomic mass is 10.1. The van der Waals surface area contributed by atoms with Crippen LogP contribution in [0.2, 0.25) is 0 Å². The van der Waals surface area contributed by atoms with Crippen molar-refractivity contribution in [2.75, 3.05) is 6.61 Å². The monoisotopic (exact) mass is 258 g/mol. The molecule has 0 aliphatic heterocycles. The highest BCUT2D eigenvalue weighted by Gasteiger charge is 2.18. The smallest absolute Gasteiger partial charge is 0.129 e. The average molecular weight is 258 g/mol. The molecule has 0 fully saturated rings. The molecule has 18 heavy (non-hydrogen) atoms. The fourth-order valence-electron chi connectivity index (χ4n) is 1.49. The SMILES string of the molecule is CC(C)(C)OCC(Cc1c(F)cccc1F)NN. The molecule has 3 nitrogen and oxygen atoms in total. The van der Waals surface area contributed by atoms with Crippen molar-refractivity contribution in [1.82, 2.24) is 5.43 Å². The zero-order chi connectivity index (χ0) is 13.8. The van der Waals surface area contributed by atoms with Crippen molar-refractivity contribution in [3.05, 3.63) is 35.4 Å². The van der Waals surface area contributed by atoms with Gasteiger partial charge < -0.3 is 4.74 Å². The Hall–Kier alpha value is -1.04. The van der Waals surface area contributed by atoms with Crippen molar-refractivity contribution in [1.29, 1.82) is 0 Å². The third-order valence-corrected chi connectivity index (χ3v) is 2.47. The normalized spacial score (nSPS) is 13.7. The van der Waals surface area contributed by atoms with Crippen LogP contribution in [0.5, 0.6) is 0 Å². The minimum atomic E-state index is -0.564. The maximum atomic E-state index is 13.5. The molecule has 5 heteroatoms. The second-order valence-electron chi connectivity index (χ2n) is 5.19. The summed E-state index contributed by atoms with van der Waals surface area (Å²) in [5, 5.41) is 0. The van der Waals surface area contributed by atoms with E-state index in [1.165, 1.54) is 18.2 Å². The topological polar surface area (TPSA) is 47.3 Å². The van der Waals surface area contributed by atoms with Crippen molar-refractivity contribution < 1.29 is 13.5 Å². The third kappa shape index (κ3) is 4.68. The van der Waals surface area contributed by atoms with Crippen LogP contribution in [0.15, 0.2) is 18.2 Å². The summed E-state index contributed by atoms with van der Waals surface area (Å²) in [5.74, 6) is 4.25. The first-order valence-electron chi connectivity index (χ1n) is 5.86. The van der Waals surface area contributed by atoms with Crippen LogP contribution < -0.4 is 11.3 Å². The summed E-state index contributed by atoms with van der Waals surface area (Å²) in [5.41, 5.74) is 2.23. The van der Waals surface area contributed by atoms with Gasteiger partial charge in [-0.2, -0.15) is 0 Å². The zero-order valence-corrected chi connectivity index (χ0v) is 11.0. The molecular weight excluding hydrogens is 238 g/mol. The summed E-state index contributed by atoms with van der Waals surface area (Å²) >= 11 is 0. The molecule has 1 rings (SSSR count). The number of hydrogen-bond donors (Lipinski definition) is 2. The minimum Gasteiger partial charge on any atom is -0.374 e. The lowest BCUT2D eigenvalue weighted by Gasteiger charge is -2.24. The maximum absolute atomic E-state index is 13.5. The second kappa shape index (κ2) is 6.22. The molecule has 0 radical (unpaired) electrons. The van der Waals surface area contributed by atoms with Gasteiger partial charge in [0.15, 0.2) is 0 Å². The van der Waals surface area contributed by atoms with Gasteiger partial charge in [0.05, 0.1) is 12.2 Å². The van der Waals surface area contributed by atoms with Gasteiger partial charge in [0, 0.05) is 11.6 Å². The van der Waals surface area contributed by atoms with E-state index in [2.05, 4.69) is 5.43 Å². The van der Waals surface area contributed by atoms with E-state index in [1.54, 1.807) is 0 Å². The van der Waals surface area contributed by atoms with E-state index in [-0.39, 0.29) is 30.2 Å². The molecule has 1 atom stereocenters. The largest absolute Gasteiger partial charge is 0.374 e. The van der Waals surface area contributed by atoms with Gasteiger partial charge in [-0.3, -0.25) is 11.3 Å². The van der Waals surface area contributed by atoms with Gasteiger partial charge in [-0.05, 0) is 39.3 Å². The van der Waals surface area contributed by atoms with Gasteiger partial charge in [-0.1, -0.05) is 6.07 Å². The standard InChI is InChI=1S/C13H20F2N2O/c1-13(2,3)18-8-9(17-16)7-10-11(14)5-4-6-12(10)15/h4-6,9,17H,7-8,16H2,1-3H3. The first-order chi connectivity index (χ1) is 8.33. The van der Waals surface area contributed by atoms with E-state index in [1.807, 2.05) is 20.8 Å². The molecule has 0 aliphatic carbocycles. The number of ether oxygens (including phenoxy) is 1. The zero-order valence-electron chi connectivity index (χ0n) is 11.0. The molecule has 1 aromatic rings. The lowest BCUT2D eigenvalue weighted by Crippen LogP contribution is -2.42. The molecule has 0 aliphatic rings. The molecule has 102 valence electrons. The van der Waals surface area contributed by atoms with Gasteiger partial charge in [0.25, 0.3) is 0 Å². The Labute approximate surface area is 106 Å². The fraction of sp³-hybridized carbons (Fsp3) is 0.538. The van der Waals surface area contributed by atoms with Crippen LogP contribution in [0, 0.1) is 11.6 Å². The summed E-state index contributed by atoms with van der Waals surface area (Å²) in [6.07, 6.45) is 0.144. The molecule has 0 amide bonds. The van der Waals surface area contributed by atoms with Crippen LogP contribution in [0.4, 0.5) is 8.78 Å². The molecule has 0 spiro atoms. The highest BCUT2D eigenvalue weighted by molar-refractivity contribution is 5.20. The third-order valence-electron chi connectivity index (χ3n) is 2.47. The van der Waals surface area contributed by atoms with Gasteiger partial charge in [0.2, 0.25) is 0 Å². The molecule has 0 aromatic heterocycles. The Balaban J connectivity index is 2.68. The molecule has 0 saturated carbocycles. The summed E-state index contributed by atoms with van der Waals surface area (Å²) in [6.45, 7) is 6.01. The second-order valence-corrected chi connectivity index (χ2v) is 5.19. The average Bonchev–Trinajstić information content (AvgIpc) is 2.26. The van der Waals surface area contributed by atoms with Gasteiger partial charge >= 0.3 is 0 Å². The van der Waals surface area contributed by atoms with Crippen molar-refractivity contribution in [3.8, 4) is 0 Å². The van der Waals surface area contributed by atoms with Crippen LogP contribution in [0.1, 0.15) is 26.3 Å². The van der Waals surface area contributed by atoms with E-state index in [0.29, 0.717) is 0 Å². The van der Waals surface area contributed by atoms with Crippen LogP contribution in [-0.2, 0) is 11.2 Å². The van der Waals surface area contributed by atoms with Gasteiger partial charge in [-0.15, -0.1) is 0 Å². The Morgan fingerprint density at radius 2 is 1.83 bits per heavy atom. The molecule has 0 heterocycles. The van der Waals surface area contributed by atoms with E-state index in [0.717, 1.165) is 0 Å². The number of hydrogen-bond acceptors (Lipinski definition) is 3. The minimum absolute atomic E-state index is 0.0259. The lowest BCUT2D eigenvalue weighted by molar-refractivity contribution is -0.0145. The molecule has 0 bridgehead atoms. The molecule has 1 unspecified atom stereocenters. The summed E-state index contributed by atoms with van der Waals surface area (Å²) in [6, 6.07) is 3.47. The Bertz CT molecular complexity index is 371. The highest BCUT2D eigenvalue weighted by Crippen LogP contribution is 2.15. The van der Waals surface area contributed by atoms with Crippen molar-refractivity contribution >= 4 is 0 Å². The molecule has 1 aromatic carbocycles. The summed E-state index contributed by atoms with van der Waals surface area (Å²) in [7, 11) is 0. The summed E-state index contributed by atoms with van der Waals surface area (Å²) < 4.78 is 32.5. The number of nitrogens with two attached hydrogens (primary N) is 1. The van der Waals surface area contributed by atoms with Crippen molar-refractivity contribution in [3.63, 3.8) is 0 Å². The Morgan fingerprint density at radius 1 is 1.28 bits per heavy atom. The Morgan fingerprint density at radius 3 is 2.28 bits per heavy atom. The number of benzene rings is 1. The maximum Gasteiger partial charge on any atom is 0.129 e. The number of nitrogens with one attached hydrogen (secondary N) is 1.